The summed E-state index contributed by atoms with van der Waals surface area (Å²) in [5, 5.41) is 16.1. The van der Waals surface area contributed by atoms with Crippen LogP contribution >= 0.6 is 0 Å². The number of unbranched alkanes of at least 4 members (excludes halogenated alkanes) is 2. The number of nitrogens with one attached hydrogen (secondary N) is 3. The van der Waals surface area contributed by atoms with Crippen molar-refractivity contribution in [3.63, 3.8) is 0 Å². The van der Waals surface area contributed by atoms with Crippen LogP contribution in [-0.2, 0) is 17.8 Å². The first kappa shape index (κ1) is 28.4. The van der Waals surface area contributed by atoms with Gasteiger partial charge in [-0.2, -0.15) is 0 Å². The lowest BCUT2D eigenvalue weighted by molar-refractivity contribution is -0.121. The number of amides is 2. The van der Waals surface area contributed by atoms with Crippen molar-refractivity contribution in [3.8, 4) is 5.75 Å². The minimum Gasteiger partial charge on any atom is -0.489 e. The maximum absolute atomic E-state index is 12.4. The van der Waals surface area contributed by atoms with Gasteiger partial charge in [-0.25, -0.2) is 4.79 Å². The van der Waals surface area contributed by atoms with Gasteiger partial charge in [-0.15, -0.1) is 0 Å². The Balaban J connectivity index is 1.16. The number of aromatic amines is 1. The monoisotopic (exact) mass is 541 g/mol. The predicted octanol–water partition coefficient (Wildman–Crippen LogP) is 5.40. The summed E-state index contributed by atoms with van der Waals surface area (Å²) in [7, 11) is 0. The van der Waals surface area contributed by atoms with E-state index in [1.165, 1.54) is 17.7 Å². The lowest BCUT2D eigenvalue weighted by Gasteiger charge is -2.09. The van der Waals surface area contributed by atoms with Crippen LogP contribution in [0.5, 0.6) is 5.75 Å². The smallest absolute Gasteiger partial charge is 0.336 e. The van der Waals surface area contributed by atoms with E-state index in [0.717, 1.165) is 34.3 Å². The first-order valence-corrected chi connectivity index (χ1v) is 13.6. The van der Waals surface area contributed by atoms with Crippen LogP contribution in [0.15, 0.2) is 72.8 Å². The summed E-state index contributed by atoms with van der Waals surface area (Å²) in [4.78, 5) is 39.4. The van der Waals surface area contributed by atoms with E-state index in [-0.39, 0.29) is 17.0 Å². The largest absolute Gasteiger partial charge is 0.489 e. The number of carboxylic acid groups (broad SMARTS) is 1. The summed E-state index contributed by atoms with van der Waals surface area (Å²) in [6.45, 7) is 3.51. The highest BCUT2D eigenvalue weighted by atomic mass is 16.5. The molecule has 40 heavy (non-hydrogen) atoms. The fourth-order valence-electron chi connectivity index (χ4n) is 4.68. The Morgan fingerprint density at radius 1 is 0.850 bits per heavy atom. The van der Waals surface area contributed by atoms with E-state index in [1.807, 2.05) is 49.4 Å². The van der Waals surface area contributed by atoms with Gasteiger partial charge in [0.2, 0.25) is 5.91 Å². The van der Waals surface area contributed by atoms with E-state index < -0.39 is 11.9 Å². The first-order chi connectivity index (χ1) is 19.4. The Morgan fingerprint density at radius 3 is 2.38 bits per heavy atom. The molecule has 0 spiro atoms. The van der Waals surface area contributed by atoms with Gasteiger partial charge in [-0.3, -0.25) is 9.59 Å². The van der Waals surface area contributed by atoms with E-state index in [4.69, 9.17) is 4.74 Å². The Hall–Kier alpha value is -4.59. The standard InChI is InChI=1S/C32H35N3O5/c1-22-25(28-20-24(15-16-29(28)35-22)40-21-23-10-4-2-5-11-23)17-19-33-30(36)14-6-3-9-18-34-31(37)26-12-7-8-13-27(26)32(38)39/h2,4-5,7-8,10-13,15-16,20,35H,3,6,9,14,17-19,21H2,1H3,(H,33,36)(H,34,37)(H,38,39). The highest BCUT2D eigenvalue weighted by molar-refractivity contribution is 6.04. The fourth-order valence-corrected chi connectivity index (χ4v) is 4.68. The van der Waals surface area contributed by atoms with Crippen LogP contribution in [0.25, 0.3) is 10.9 Å². The van der Waals surface area contributed by atoms with E-state index >= 15 is 0 Å². The second-order valence-electron chi connectivity index (χ2n) is 9.73. The molecule has 0 bridgehead atoms. The van der Waals surface area contributed by atoms with Crippen molar-refractivity contribution < 1.29 is 24.2 Å². The number of fused-ring (bicyclic) bond motifs is 1. The SMILES string of the molecule is Cc1[nH]c2ccc(OCc3ccccc3)cc2c1CCNC(=O)CCCCCNC(=O)c1ccccc1C(=O)O. The molecule has 0 aliphatic rings. The average Bonchev–Trinajstić information content (AvgIpc) is 3.28. The number of ether oxygens (including phenoxy) is 1. The molecule has 1 aromatic heterocycles. The van der Waals surface area contributed by atoms with Crippen molar-refractivity contribution in [1.82, 2.24) is 15.6 Å². The maximum atomic E-state index is 12.4. The number of rotatable bonds is 14. The molecule has 0 unspecified atom stereocenters. The number of benzene rings is 3. The second kappa shape index (κ2) is 14.0. The Morgan fingerprint density at radius 2 is 1.60 bits per heavy atom. The number of hydrogen-bond donors (Lipinski definition) is 4. The molecule has 8 nitrogen and oxygen atoms in total. The number of hydrogen-bond acceptors (Lipinski definition) is 4. The van der Waals surface area contributed by atoms with Gasteiger partial charge in [0.25, 0.3) is 5.91 Å². The topological polar surface area (TPSA) is 121 Å². The number of aromatic nitrogens is 1. The zero-order valence-electron chi connectivity index (χ0n) is 22.7. The van der Waals surface area contributed by atoms with Gasteiger partial charge >= 0.3 is 5.97 Å². The summed E-state index contributed by atoms with van der Waals surface area (Å²) >= 11 is 0. The van der Waals surface area contributed by atoms with Crippen molar-refractivity contribution in [2.75, 3.05) is 13.1 Å². The summed E-state index contributed by atoms with van der Waals surface area (Å²) in [5.41, 5.74) is 4.54. The predicted molar refractivity (Wildman–Crippen MR) is 155 cm³/mol. The van der Waals surface area contributed by atoms with Crippen LogP contribution in [0, 0.1) is 6.92 Å². The van der Waals surface area contributed by atoms with Gasteiger partial charge in [0.1, 0.15) is 12.4 Å². The molecule has 208 valence electrons. The number of aromatic carboxylic acids is 1. The molecule has 2 amide bonds. The first-order valence-electron chi connectivity index (χ1n) is 13.6. The molecule has 8 heteroatoms. The minimum absolute atomic E-state index is 0.00352. The number of carbonyl (C=O) groups is 3. The summed E-state index contributed by atoms with van der Waals surface area (Å²) in [6.07, 6.45) is 3.32. The summed E-state index contributed by atoms with van der Waals surface area (Å²) < 4.78 is 6.00. The number of H-pyrrole nitrogens is 1. The van der Waals surface area contributed by atoms with Crippen molar-refractivity contribution >= 4 is 28.7 Å². The summed E-state index contributed by atoms with van der Waals surface area (Å²) in [5.74, 6) is -0.723. The Bertz CT molecular complexity index is 1460. The van der Waals surface area contributed by atoms with Crippen LogP contribution in [0.1, 0.15) is 63.2 Å². The lowest BCUT2D eigenvalue weighted by Crippen LogP contribution is -2.27. The molecule has 0 saturated heterocycles. The van der Waals surface area contributed by atoms with Crippen LogP contribution in [0.3, 0.4) is 0 Å². The van der Waals surface area contributed by atoms with Crippen molar-refractivity contribution in [2.45, 2.75) is 45.6 Å². The third-order valence-corrected chi connectivity index (χ3v) is 6.80. The zero-order chi connectivity index (χ0) is 28.3. The normalized spacial score (nSPS) is 10.8. The molecule has 3 aromatic carbocycles. The third-order valence-electron chi connectivity index (χ3n) is 6.80. The van der Waals surface area contributed by atoms with Gasteiger partial charge in [0.05, 0.1) is 11.1 Å². The molecule has 4 rings (SSSR count). The van der Waals surface area contributed by atoms with E-state index in [9.17, 15) is 19.5 Å². The number of aryl methyl sites for hydroxylation is 1. The quantitative estimate of drug-likeness (QED) is 0.159. The lowest BCUT2D eigenvalue weighted by atomic mass is 10.1. The zero-order valence-corrected chi connectivity index (χ0v) is 22.7. The fraction of sp³-hybridized carbons (Fsp3) is 0.281. The molecular weight excluding hydrogens is 506 g/mol. The van der Waals surface area contributed by atoms with E-state index in [2.05, 4.69) is 21.7 Å². The minimum atomic E-state index is -1.13. The van der Waals surface area contributed by atoms with Crippen LogP contribution < -0.4 is 15.4 Å². The Kier molecular flexibility index (Phi) is 9.93. The average molecular weight is 542 g/mol. The van der Waals surface area contributed by atoms with Crippen molar-refractivity contribution in [3.05, 3.63) is 101 Å². The Labute approximate surface area is 233 Å². The van der Waals surface area contributed by atoms with Gasteiger partial charge in [-0.05, 0) is 67.6 Å². The third kappa shape index (κ3) is 7.72. The van der Waals surface area contributed by atoms with Gasteiger partial charge < -0.3 is 25.5 Å². The molecule has 0 saturated carbocycles. The molecule has 4 N–H and O–H groups in total. The molecule has 0 aliphatic heterocycles. The molecule has 0 fully saturated rings. The molecule has 4 aromatic rings. The highest BCUT2D eigenvalue weighted by Gasteiger charge is 2.15. The van der Waals surface area contributed by atoms with E-state index in [1.54, 1.807) is 12.1 Å². The molecule has 0 radical (unpaired) electrons. The van der Waals surface area contributed by atoms with Crippen LogP contribution in [-0.4, -0.2) is 41.0 Å². The molecule has 0 atom stereocenters. The van der Waals surface area contributed by atoms with E-state index in [0.29, 0.717) is 45.4 Å². The summed E-state index contributed by atoms with van der Waals surface area (Å²) in [6, 6.07) is 22.2. The molecule has 1 heterocycles. The number of carbonyl (C=O) groups excluding carboxylic acids is 2. The van der Waals surface area contributed by atoms with Gasteiger partial charge in [0, 0.05) is 36.1 Å². The van der Waals surface area contributed by atoms with Gasteiger partial charge in [-0.1, -0.05) is 48.9 Å². The van der Waals surface area contributed by atoms with Crippen LogP contribution in [0.2, 0.25) is 0 Å². The van der Waals surface area contributed by atoms with Gasteiger partial charge in [0.15, 0.2) is 0 Å². The number of carboxylic acids is 1. The molecule has 0 aliphatic carbocycles. The van der Waals surface area contributed by atoms with Crippen molar-refractivity contribution in [1.29, 1.82) is 0 Å². The highest BCUT2D eigenvalue weighted by Crippen LogP contribution is 2.27. The van der Waals surface area contributed by atoms with Crippen molar-refractivity contribution in [2.24, 2.45) is 0 Å². The maximum Gasteiger partial charge on any atom is 0.336 e. The second-order valence-corrected chi connectivity index (χ2v) is 9.73. The molecular formula is C32H35N3O5. The van der Waals surface area contributed by atoms with Crippen LogP contribution in [0.4, 0.5) is 0 Å².